The normalized spacial score (nSPS) is 10.7. The first-order valence-electron chi connectivity index (χ1n) is 8.03. The fraction of sp³-hybridized carbons (Fsp3) is 0.471. The van der Waals surface area contributed by atoms with Crippen LogP contribution in [-0.2, 0) is 16.0 Å². The Bertz CT molecular complexity index is 664. The molecule has 0 fully saturated rings. The monoisotopic (exact) mass is 350 g/mol. The van der Waals surface area contributed by atoms with Crippen LogP contribution in [0.3, 0.4) is 0 Å². The first kappa shape index (κ1) is 18.2. The number of aryl methyl sites for hydroxylation is 1. The van der Waals surface area contributed by atoms with Crippen molar-refractivity contribution in [1.82, 2.24) is 10.3 Å². The molecule has 2 N–H and O–H groups in total. The predicted octanol–water partition coefficient (Wildman–Crippen LogP) is 3.41. The topological polar surface area (TPSA) is 92.4 Å². The Labute approximate surface area is 144 Å². The van der Waals surface area contributed by atoms with Crippen LogP contribution in [0.5, 0.6) is 0 Å². The Hall–Kier alpha value is -2.15. The molecule has 0 unspecified atom stereocenters. The molecule has 2 heterocycles. The molecule has 0 saturated heterocycles. The second-order valence-corrected chi connectivity index (χ2v) is 6.40. The average Bonchev–Trinajstić information content (AvgIpc) is 3.16. The van der Waals surface area contributed by atoms with Crippen molar-refractivity contribution < 1.29 is 19.1 Å². The summed E-state index contributed by atoms with van der Waals surface area (Å²) >= 11 is 1.57. The molecule has 0 bridgehead atoms. The number of carboxylic acids is 1. The number of nitrogens with one attached hydrogen (secondary N) is 1. The summed E-state index contributed by atoms with van der Waals surface area (Å²) in [4.78, 5) is 26.8. The number of thiophene rings is 1. The lowest BCUT2D eigenvalue weighted by Crippen LogP contribution is -2.26. The van der Waals surface area contributed by atoms with Crippen LogP contribution in [0.15, 0.2) is 21.2 Å². The molecule has 130 valence electrons. The molecular formula is C17H22N2O4S. The highest BCUT2D eigenvalue weighted by Gasteiger charge is 2.14. The van der Waals surface area contributed by atoms with Crippen molar-refractivity contribution in [3.05, 3.63) is 28.3 Å². The summed E-state index contributed by atoms with van der Waals surface area (Å²) in [5.41, 5.74) is 1.59. The quantitative estimate of drug-likeness (QED) is 0.641. The van der Waals surface area contributed by atoms with E-state index in [4.69, 9.17) is 9.52 Å². The molecule has 0 aliphatic heterocycles. The van der Waals surface area contributed by atoms with E-state index in [0.717, 1.165) is 24.8 Å². The second kappa shape index (κ2) is 9.22. The number of amides is 1. The minimum atomic E-state index is -0.756. The highest BCUT2D eigenvalue weighted by molar-refractivity contribution is 7.08. The zero-order chi connectivity index (χ0) is 17.4. The van der Waals surface area contributed by atoms with Crippen LogP contribution in [0.4, 0.5) is 0 Å². The van der Waals surface area contributed by atoms with Gasteiger partial charge in [-0.15, -0.1) is 0 Å². The molecular weight excluding hydrogens is 328 g/mol. The SMILES string of the molecule is Cc1oc(-c2ccsc2)nc1CC(=O)NCCCCCCC(=O)O. The summed E-state index contributed by atoms with van der Waals surface area (Å²) in [6, 6.07) is 1.93. The maximum atomic E-state index is 12.0. The lowest BCUT2D eigenvalue weighted by molar-refractivity contribution is -0.137. The fourth-order valence-corrected chi connectivity index (χ4v) is 2.93. The molecule has 7 heteroatoms. The van der Waals surface area contributed by atoms with Crippen LogP contribution < -0.4 is 5.32 Å². The zero-order valence-corrected chi connectivity index (χ0v) is 14.5. The van der Waals surface area contributed by atoms with E-state index in [-0.39, 0.29) is 18.7 Å². The van der Waals surface area contributed by atoms with Crippen molar-refractivity contribution in [2.45, 2.75) is 45.4 Å². The van der Waals surface area contributed by atoms with Gasteiger partial charge < -0.3 is 14.8 Å². The number of carboxylic acid groups (broad SMARTS) is 1. The van der Waals surface area contributed by atoms with Crippen molar-refractivity contribution in [2.24, 2.45) is 0 Å². The minimum absolute atomic E-state index is 0.0752. The highest BCUT2D eigenvalue weighted by Crippen LogP contribution is 2.23. The minimum Gasteiger partial charge on any atom is -0.481 e. The van der Waals surface area contributed by atoms with Gasteiger partial charge in [-0.25, -0.2) is 4.98 Å². The summed E-state index contributed by atoms with van der Waals surface area (Å²) in [5, 5.41) is 15.3. The standard InChI is InChI=1S/C17H22N2O4S/c1-12-14(19-17(23-12)13-7-9-24-11-13)10-15(20)18-8-5-3-2-4-6-16(21)22/h7,9,11H,2-6,8,10H2,1H3,(H,18,20)(H,21,22). The van der Waals surface area contributed by atoms with Crippen LogP contribution in [-0.4, -0.2) is 28.5 Å². The van der Waals surface area contributed by atoms with E-state index in [2.05, 4.69) is 10.3 Å². The molecule has 0 saturated carbocycles. The number of oxazole rings is 1. The molecule has 2 aromatic heterocycles. The van der Waals surface area contributed by atoms with Crippen LogP contribution in [0, 0.1) is 6.92 Å². The van der Waals surface area contributed by atoms with E-state index in [9.17, 15) is 9.59 Å². The predicted molar refractivity (Wildman–Crippen MR) is 92.0 cm³/mol. The van der Waals surface area contributed by atoms with Gasteiger partial charge in [0, 0.05) is 23.9 Å². The van der Waals surface area contributed by atoms with Crippen molar-refractivity contribution in [3.8, 4) is 11.5 Å². The van der Waals surface area contributed by atoms with Gasteiger partial charge >= 0.3 is 5.97 Å². The number of aliphatic carboxylic acids is 1. The van der Waals surface area contributed by atoms with E-state index in [0.29, 0.717) is 30.3 Å². The summed E-state index contributed by atoms with van der Waals surface area (Å²) in [6.07, 6.45) is 3.74. The lowest BCUT2D eigenvalue weighted by atomic mass is 10.1. The van der Waals surface area contributed by atoms with E-state index >= 15 is 0 Å². The summed E-state index contributed by atoms with van der Waals surface area (Å²) < 4.78 is 5.62. The van der Waals surface area contributed by atoms with Crippen LogP contribution in [0.25, 0.3) is 11.5 Å². The molecule has 24 heavy (non-hydrogen) atoms. The number of hydrogen-bond donors (Lipinski definition) is 2. The number of nitrogens with zero attached hydrogens (tertiary/aromatic N) is 1. The van der Waals surface area contributed by atoms with Crippen molar-refractivity contribution in [2.75, 3.05) is 6.54 Å². The molecule has 2 rings (SSSR count). The number of carbonyl (C=O) groups is 2. The molecule has 6 nitrogen and oxygen atoms in total. The Morgan fingerprint density at radius 2 is 2.08 bits per heavy atom. The van der Waals surface area contributed by atoms with E-state index in [1.807, 2.05) is 23.8 Å². The number of unbranched alkanes of at least 4 members (excludes halogenated alkanes) is 3. The number of hydrogen-bond acceptors (Lipinski definition) is 5. The second-order valence-electron chi connectivity index (χ2n) is 5.62. The van der Waals surface area contributed by atoms with Crippen molar-refractivity contribution in [3.63, 3.8) is 0 Å². The Morgan fingerprint density at radius 1 is 1.29 bits per heavy atom. The summed E-state index contributed by atoms with van der Waals surface area (Å²) in [5.74, 6) is 0.386. The number of carbonyl (C=O) groups excluding carboxylic acids is 1. The molecule has 2 aromatic rings. The Kier molecular flexibility index (Phi) is 6.99. The molecule has 1 amide bonds. The van der Waals surface area contributed by atoms with E-state index in [1.165, 1.54) is 0 Å². The van der Waals surface area contributed by atoms with E-state index < -0.39 is 5.97 Å². The summed E-state index contributed by atoms with van der Waals surface area (Å²) in [7, 11) is 0. The van der Waals surface area contributed by atoms with Gasteiger partial charge in [0.2, 0.25) is 11.8 Å². The third kappa shape index (κ3) is 5.81. The maximum Gasteiger partial charge on any atom is 0.303 e. The van der Waals surface area contributed by atoms with E-state index in [1.54, 1.807) is 11.3 Å². The van der Waals surface area contributed by atoms with Gasteiger partial charge in [0.25, 0.3) is 0 Å². The van der Waals surface area contributed by atoms with Gasteiger partial charge in [0.05, 0.1) is 12.1 Å². The smallest absolute Gasteiger partial charge is 0.303 e. The average molecular weight is 350 g/mol. The molecule has 0 aliphatic carbocycles. The lowest BCUT2D eigenvalue weighted by Gasteiger charge is -2.04. The third-order valence-electron chi connectivity index (χ3n) is 3.63. The Morgan fingerprint density at radius 3 is 2.79 bits per heavy atom. The molecule has 0 spiro atoms. The first-order valence-corrected chi connectivity index (χ1v) is 8.98. The first-order chi connectivity index (χ1) is 11.6. The van der Waals surface area contributed by atoms with Gasteiger partial charge in [-0.3, -0.25) is 9.59 Å². The maximum absolute atomic E-state index is 12.0. The van der Waals surface area contributed by atoms with Crippen LogP contribution in [0.2, 0.25) is 0 Å². The van der Waals surface area contributed by atoms with Gasteiger partial charge in [-0.05, 0) is 31.2 Å². The van der Waals surface area contributed by atoms with Crippen LogP contribution >= 0.6 is 11.3 Å². The fourth-order valence-electron chi connectivity index (χ4n) is 2.30. The number of aromatic nitrogens is 1. The third-order valence-corrected chi connectivity index (χ3v) is 4.31. The molecule has 0 radical (unpaired) electrons. The number of rotatable bonds is 10. The van der Waals surface area contributed by atoms with Gasteiger partial charge in [0.1, 0.15) is 5.76 Å². The molecule has 0 aromatic carbocycles. The van der Waals surface area contributed by atoms with Crippen molar-refractivity contribution in [1.29, 1.82) is 0 Å². The Balaban J connectivity index is 1.68. The van der Waals surface area contributed by atoms with Gasteiger partial charge in [-0.1, -0.05) is 12.8 Å². The van der Waals surface area contributed by atoms with Crippen LogP contribution in [0.1, 0.15) is 43.6 Å². The van der Waals surface area contributed by atoms with Gasteiger partial charge in [0.15, 0.2) is 0 Å². The highest BCUT2D eigenvalue weighted by atomic mass is 32.1. The molecule has 0 aliphatic rings. The molecule has 0 atom stereocenters. The zero-order valence-electron chi connectivity index (χ0n) is 13.7. The van der Waals surface area contributed by atoms with Gasteiger partial charge in [-0.2, -0.15) is 11.3 Å². The summed E-state index contributed by atoms with van der Waals surface area (Å²) in [6.45, 7) is 2.41. The largest absolute Gasteiger partial charge is 0.481 e. The van der Waals surface area contributed by atoms with Crippen molar-refractivity contribution >= 4 is 23.2 Å².